The van der Waals surface area contributed by atoms with E-state index < -0.39 is 6.10 Å². The largest absolute Gasteiger partial charge is 0.492 e. The maximum Gasteiger partial charge on any atom is 0.251 e. The molecular weight excluding hydrogens is 336 g/mol. The standard InChI is InChI=1S/C16H22N2O5.ClH/c1-9-2-3-10(6-13(9)21-5-4-17)16(20)18-11-7-22-15-12(19)8-23-14(11)15;/h2-3,6,11-12,14-15,19H,4-5,7-8,17H2,1H3,(H,18,20);1H/t11-,12-,14-,15-;/m1./s1. The van der Waals surface area contributed by atoms with E-state index in [0.29, 0.717) is 31.1 Å². The lowest BCUT2D eigenvalue weighted by atomic mass is 10.1. The van der Waals surface area contributed by atoms with E-state index in [0.717, 1.165) is 5.56 Å². The molecule has 24 heavy (non-hydrogen) atoms. The van der Waals surface area contributed by atoms with E-state index in [1.807, 2.05) is 13.0 Å². The molecule has 2 aliphatic rings. The minimum Gasteiger partial charge on any atom is -0.492 e. The predicted octanol–water partition coefficient (Wildman–Crippen LogP) is 0.0112. The Balaban J connectivity index is 0.00000208. The van der Waals surface area contributed by atoms with Crippen molar-refractivity contribution >= 4 is 18.3 Å². The second-order valence-corrected chi connectivity index (χ2v) is 5.86. The molecule has 2 fully saturated rings. The molecule has 3 rings (SSSR count). The van der Waals surface area contributed by atoms with Crippen molar-refractivity contribution in [1.29, 1.82) is 0 Å². The molecule has 2 heterocycles. The normalized spacial score (nSPS) is 28.1. The highest BCUT2D eigenvalue weighted by atomic mass is 35.5. The number of aliphatic hydroxyl groups excluding tert-OH is 1. The number of aliphatic hydroxyl groups is 1. The van der Waals surface area contributed by atoms with Gasteiger partial charge in [0.1, 0.15) is 30.7 Å². The van der Waals surface area contributed by atoms with Gasteiger partial charge in [0.25, 0.3) is 5.91 Å². The van der Waals surface area contributed by atoms with Crippen LogP contribution in [0.3, 0.4) is 0 Å². The number of hydrogen-bond acceptors (Lipinski definition) is 6. The molecule has 8 heteroatoms. The van der Waals surface area contributed by atoms with Gasteiger partial charge in [-0.05, 0) is 24.6 Å². The summed E-state index contributed by atoms with van der Waals surface area (Å²) < 4.78 is 16.6. The van der Waals surface area contributed by atoms with Crippen molar-refractivity contribution in [3.05, 3.63) is 29.3 Å². The van der Waals surface area contributed by atoms with Crippen LogP contribution in [0, 0.1) is 6.92 Å². The zero-order valence-corrected chi connectivity index (χ0v) is 14.3. The molecule has 0 bridgehead atoms. The third-order valence-corrected chi connectivity index (χ3v) is 4.17. The average molecular weight is 359 g/mol. The number of hydrogen-bond donors (Lipinski definition) is 3. The molecule has 7 nitrogen and oxygen atoms in total. The smallest absolute Gasteiger partial charge is 0.251 e. The van der Waals surface area contributed by atoms with Gasteiger partial charge in [0.05, 0.1) is 19.3 Å². The Bertz CT molecular complexity index is 586. The Kier molecular flexibility index (Phi) is 6.42. The molecule has 0 aromatic heterocycles. The van der Waals surface area contributed by atoms with Gasteiger partial charge in [-0.3, -0.25) is 4.79 Å². The summed E-state index contributed by atoms with van der Waals surface area (Å²) in [5.74, 6) is 0.429. The van der Waals surface area contributed by atoms with Gasteiger partial charge in [-0.15, -0.1) is 12.4 Å². The molecule has 2 aliphatic heterocycles. The lowest BCUT2D eigenvalue weighted by Gasteiger charge is -2.18. The van der Waals surface area contributed by atoms with E-state index in [1.165, 1.54) is 0 Å². The fourth-order valence-electron chi connectivity index (χ4n) is 2.92. The predicted molar refractivity (Wildman–Crippen MR) is 89.7 cm³/mol. The monoisotopic (exact) mass is 358 g/mol. The first-order valence-electron chi connectivity index (χ1n) is 7.76. The van der Waals surface area contributed by atoms with Crippen LogP contribution in [-0.2, 0) is 9.47 Å². The second-order valence-electron chi connectivity index (χ2n) is 5.86. The average Bonchev–Trinajstić information content (AvgIpc) is 3.10. The minimum atomic E-state index is -0.627. The zero-order chi connectivity index (χ0) is 16.4. The quantitative estimate of drug-likeness (QED) is 0.685. The number of amides is 1. The number of nitrogens with two attached hydrogens (primary N) is 1. The minimum absolute atomic E-state index is 0. The number of nitrogens with one attached hydrogen (secondary N) is 1. The van der Waals surface area contributed by atoms with Crippen molar-refractivity contribution in [2.75, 3.05) is 26.4 Å². The number of fused-ring (bicyclic) bond motifs is 1. The van der Waals surface area contributed by atoms with Crippen molar-refractivity contribution in [3.8, 4) is 5.75 Å². The van der Waals surface area contributed by atoms with E-state index in [2.05, 4.69) is 5.32 Å². The van der Waals surface area contributed by atoms with Gasteiger partial charge in [-0.25, -0.2) is 0 Å². The van der Waals surface area contributed by atoms with Crippen LogP contribution in [0.25, 0.3) is 0 Å². The third kappa shape index (κ3) is 3.81. The number of ether oxygens (including phenoxy) is 3. The highest BCUT2D eigenvalue weighted by Crippen LogP contribution is 2.27. The number of rotatable bonds is 5. The number of aryl methyl sites for hydroxylation is 1. The van der Waals surface area contributed by atoms with Crippen LogP contribution in [0.4, 0.5) is 0 Å². The maximum absolute atomic E-state index is 12.4. The molecule has 0 saturated carbocycles. The molecule has 1 amide bonds. The Hall–Kier alpha value is -1.38. The highest BCUT2D eigenvalue weighted by Gasteiger charge is 2.47. The molecular formula is C16H23ClN2O5. The first kappa shape index (κ1) is 19.0. The molecule has 1 aromatic rings. The van der Waals surface area contributed by atoms with Crippen LogP contribution in [0.1, 0.15) is 15.9 Å². The van der Waals surface area contributed by atoms with Gasteiger partial charge < -0.3 is 30.4 Å². The number of carbonyl (C=O) groups is 1. The Morgan fingerprint density at radius 2 is 2.12 bits per heavy atom. The lowest BCUT2D eigenvalue weighted by Crippen LogP contribution is -2.44. The van der Waals surface area contributed by atoms with Crippen LogP contribution in [0.5, 0.6) is 5.75 Å². The summed E-state index contributed by atoms with van der Waals surface area (Å²) in [5, 5.41) is 12.6. The Labute approximate surface area is 146 Å². The molecule has 134 valence electrons. The summed E-state index contributed by atoms with van der Waals surface area (Å²) in [6.07, 6.45) is -1.29. The number of halogens is 1. The van der Waals surface area contributed by atoms with Crippen LogP contribution in [-0.4, -0.2) is 61.7 Å². The molecule has 0 unspecified atom stereocenters. The SMILES string of the molecule is Cc1ccc(C(=O)N[C@@H]2CO[C@H]3[C@@H]2OC[C@H]3O)cc1OCCN.Cl. The van der Waals surface area contributed by atoms with Gasteiger partial charge in [-0.2, -0.15) is 0 Å². The van der Waals surface area contributed by atoms with Gasteiger partial charge in [-0.1, -0.05) is 6.07 Å². The molecule has 1 aromatic carbocycles. The van der Waals surface area contributed by atoms with Gasteiger partial charge in [0, 0.05) is 12.1 Å². The van der Waals surface area contributed by atoms with E-state index in [1.54, 1.807) is 12.1 Å². The molecule has 4 N–H and O–H groups in total. The van der Waals surface area contributed by atoms with Gasteiger partial charge in [0.2, 0.25) is 0 Å². The van der Waals surface area contributed by atoms with Crippen molar-refractivity contribution < 1.29 is 24.1 Å². The fraction of sp³-hybridized carbons (Fsp3) is 0.562. The van der Waals surface area contributed by atoms with Gasteiger partial charge >= 0.3 is 0 Å². The molecule has 0 spiro atoms. The molecule has 0 aliphatic carbocycles. The summed E-state index contributed by atoms with van der Waals surface area (Å²) in [6, 6.07) is 5.03. The van der Waals surface area contributed by atoms with E-state index in [9.17, 15) is 9.90 Å². The first-order valence-corrected chi connectivity index (χ1v) is 7.76. The number of carbonyl (C=O) groups excluding carboxylic acids is 1. The van der Waals surface area contributed by atoms with Crippen molar-refractivity contribution in [2.45, 2.75) is 31.3 Å². The van der Waals surface area contributed by atoms with E-state index in [4.69, 9.17) is 19.9 Å². The maximum atomic E-state index is 12.4. The Morgan fingerprint density at radius 3 is 2.88 bits per heavy atom. The molecule has 4 atom stereocenters. The summed E-state index contributed by atoms with van der Waals surface area (Å²) in [5.41, 5.74) is 6.89. The summed E-state index contributed by atoms with van der Waals surface area (Å²) in [6.45, 7) is 3.30. The summed E-state index contributed by atoms with van der Waals surface area (Å²) >= 11 is 0. The van der Waals surface area contributed by atoms with Gasteiger partial charge in [0.15, 0.2) is 0 Å². The third-order valence-electron chi connectivity index (χ3n) is 4.17. The second kappa shape index (κ2) is 8.13. The highest BCUT2D eigenvalue weighted by molar-refractivity contribution is 5.95. The molecule has 2 saturated heterocycles. The topological polar surface area (TPSA) is 103 Å². The van der Waals surface area contributed by atoms with Crippen molar-refractivity contribution in [2.24, 2.45) is 5.73 Å². The van der Waals surface area contributed by atoms with Crippen LogP contribution in [0.2, 0.25) is 0 Å². The summed E-state index contributed by atoms with van der Waals surface area (Å²) in [4.78, 5) is 12.4. The zero-order valence-electron chi connectivity index (χ0n) is 13.4. The fourth-order valence-corrected chi connectivity index (χ4v) is 2.92. The van der Waals surface area contributed by atoms with E-state index in [-0.39, 0.29) is 43.2 Å². The van der Waals surface area contributed by atoms with Crippen LogP contribution < -0.4 is 15.8 Å². The van der Waals surface area contributed by atoms with Crippen LogP contribution in [0.15, 0.2) is 18.2 Å². The molecule has 0 radical (unpaired) electrons. The van der Waals surface area contributed by atoms with Crippen molar-refractivity contribution in [3.63, 3.8) is 0 Å². The first-order chi connectivity index (χ1) is 11.1. The number of benzene rings is 1. The Morgan fingerprint density at radius 1 is 1.38 bits per heavy atom. The van der Waals surface area contributed by atoms with Crippen LogP contribution >= 0.6 is 12.4 Å². The van der Waals surface area contributed by atoms with Crippen molar-refractivity contribution in [1.82, 2.24) is 5.32 Å². The van der Waals surface area contributed by atoms with E-state index >= 15 is 0 Å². The lowest BCUT2D eigenvalue weighted by molar-refractivity contribution is 0.0178. The summed E-state index contributed by atoms with van der Waals surface area (Å²) in [7, 11) is 0.